The molecule has 0 saturated carbocycles. The molecule has 4 heteroatoms. The SMILES string of the molecule is Cc1ccccc1CNC(=O)CC(C)(C(=O)O)C(C)C. The second kappa shape index (κ2) is 6.55. The Morgan fingerprint density at radius 1 is 1.30 bits per heavy atom. The van der Waals surface area contributed by atoms with Crippen molar-refractivity contribution in [3.63, 3.8) is 0 Å². The lowest BCUT2D eigenvalue weighted by molar-refractivity contribution is -0.153. The van der Waals surface area contributed by atoms with Gasteiger partial charge in [-0.05, 0) is 30.9 Å². The molecule has 1 atom stereocenters. The van der Waals surface area contributed by atoms with Gasteiger partial charge in [0.1, 0.15) is 0 Å². The van der Waals surface area contributed by atoms with Crippen molar-refractivity contribution in [2.45, 2.75) is 40.7 Å². The van der Waals surface area contributed by atoms with Crippen LogP contribution in [-0.4, -0.2) is 17.0 Å². The molecule has 4 nitrogen and oxygen atoms in total. The monoisotopic (exact) mass is 277 g/mol. The molecule has 1 unspecified atom stereocenters. The highest BCUT2D eigenvalue weighted by atomic mass is 16.4. The van der Waals surface area contributed by atoms with Gasteiger partial charge in [-0.2, -0.15) is 0 Å². The number of carboxylic acid groups (broad SMARTS) is 1. The van der Waals surface area contributed by atoms with E-state index in [4.69, 9.17) is 0 Å². The van der Waals surface area contributed by atoms with Crippen LogP contribution in [0.4, 0.5) is 0 Å². The van der Waals surface area contributed by atoms with Crippen LogP contribution in [0.2, 0.25) is 0 Å². The maximum atomic E-state index is 12.0. The second-order valence-electron chi connectivity index (χ2n) is 5.76. The van der Waals surface area contributed by atoms with Crippen LogP contribution in [-0.2, 0) is 16.1 Å². The van der Waals surface area contributed by atoms with Gasteiger partial charge in [-0.25, -0.2) is 0 Å². The van der Waals surface area contributed by atoms with E-state index in [1.54, 1.807) is 6.92 Å². The lowest BCUT2D eigenvalue weighted by Gasteiger charge is -2.28. The first-order chi connectivity index (χ1) is 9.27. The van der Waals surface area contributed by atoms with Crippen LogP contribution in [0.25, 0.3) is 0 Å². The van der Waals surface area contributed by atoms with Gasteiger partial charge < -0.3 is 10.4 Å². The predicted molar refractivity (Wildman–Crippen MR) is 78.2 cm³/mol. The third kappa shape index (κ3) is 3.83. The number of benzene rings is 1. The normalized spacial score (nSPS) is 13.8. The average Bonchev–Trinajstić information content (AvgIpc) is 2.37. The molecule has 0 radical (unpaired) electrons. The Labute approximate surface area is 120 Å². The molecule has 0 aliphatic rings. The van der Waals surface area contributed by atoms with Gasteiger partial charge in [0, 0.05) is 13.0 Å². The fourth-order valence-electron chi connectivity index (χ4n) is 1.92. The highest BCUT2D eigenvalue weighted by Gasteiger charge is 2.38. The second-order valence-corrected chi connectivity index (χ2v) is 5.76. The topological polar surface area (TPSA) is 66.4 Å². The molecule has 0 heterocycles. The van der Waals surface area contributed by atoms with Gasteiger partial charge in [0.2, 0.25) is 5.91 Å². The maximum Gasteiger partial charge on any atom is 0.310 e. The number of carboxylic acids is 1. The van der Waals surface area contributed by atoms with Gasteiger partial charge >= 0.3 is 5.97 Å². The van der Waals surface area contributed by atoms with E-state index in [1.807, 2.05) is 45.0 Å². The molecule has 1 amide bonds. The Morgan fingerprint density at radius 2 is 1.90 bits per heavy atom. The van der Waals surface area contributed by atoms with Crippen molar-refractivity contribution in [1.82, 2.24) is 5.32 Å². The number of hydrogen-bond acceptors (Lipinski definition) is 2. The fraction of sp³-hybridized carbons (Fsp3) is 0.500. The number of amides is 1. The van der Waals surface area contributed by atoms with Gasteiger partial charge in [0.05, 0.1) is 5.41 Å². The molecule has 0 fully saturated rings. The first-order valence-electron chi connectivity index (χ1n) is 6.82. The van der Waals surface area contributed by atoms with Crippen molar-refractivity contribution >= 4 is 11.9 Å². The van der Waals surface area contributed by atoms with Crippen molar-refractivity contribution in [2.75, 3.05) is 0 Å². The molecule has 0 aliphatic carbocycles. The summed E-state index contributed by atoms with van der Waals surface area (Å²) >= 11 is 0. The van der Waals surface area contributed by atoms with E-state index in [9.17, 15) is 14.7 Å². The summed E-state index contributed by atoms with van der Waals surface area (Å²) in [5, 5.41) is 12.1. The van der Waals surface area contributed by atoms with E-state index in [-0.39, 0.29) is 18.2 Å². The van der Waals surface area contributed by atoms with Gasteiger partial charge in [-0.1, -0.05) is 38.1 Å². The number of carbonyl (C=O) groups is 2. The van der Waals surface area contributed by atoms with Crippen molar-refractivity contribution in [3.05, 3.63) is 35.4 Å². The van der Waals surface area contributed by atoms with Crippen molar-refractivity contribution in [3.8, 4) is 0 Å². The Bertz CT molecular complexity index is 496. The van der Waals surface area contributed by atoms with E-state index in [0.717, 1.165) is 11.1 Å². The zero-order chi connectivity index (χ0) is 15.3. The van der Waals surface area contributed by atoms with Gasteiger partial charge in [0.15, 0.2) is 0 Å². The number of hydrogen-bond donors (Lipinski definition) is 2. The largest absolute Gasteiger partial charge is 0.481 e. The average molecular weight is 277 g/mol. The standard InChI is InChI=1S/C16H23NO3/c1-11(2)16(4,15(19)20)9-14(18)17-10-13-8-6-5-7-12(13)3/h5-8,11H,9-10H2,1-4H3,(H,17,18)(H,19,20). The molecule has 1 aromatic rings. The third-order valence-corrected chi connectivity index (χ3v) is 4.03. The van der Waals surface area contributed by atoms with Crippen LogP contribution in [0.5, 0.6) is 0 Å². The highest BCUT2D eigenvalue weighted by Crippen LogP contribution is 2.31. The number of rotatable bonds is 6. The van der Waals surface area contributed by atoms with Crippen molar-refractivity contribution in [2.24, 2.45) is 11.3 Å². The van der Waals surface area contributed by atoms with E-state index in [0.29, 0.717) is 6.54 Å². The molecule has 0 saturated heterocycles. The number of aliphatic carboxylic acids is 1. The zero-order valence-corrected chi connectivity index (χ0v) is 12.6. The molecule has 20 heavy (non-hydrogen) atoms. The quantitative estimate of drug-likeness (QED) is 0.840. The summed E-state index contributed by atoms with van der Waals surface area (Å²) in [6.45, 7) is 7.68. The van der Waals surface area contributed by atoms with Crippen LogP contribution >= 0.6 is 0 Å². The maximum absolute atomic E-state index is 12.0. The Hall–Kier alpha value is -1.84. The van der Waals surface area contributed by atoms with Crippen LogP contribution in [0.15, 0.2) is 24.3 Å². The molecule has 0 bridgehead atoms. The van der Waals surface area contributed by atoms with Crippen LogP contribution < -0.4 is 5.32 Å². The number of nitrogens with one attached hydrogen (secondary N) is 1. The van der Waals surface area contributed by atoms with Gasteiger partial charge in [-0.3, -0.25) is 9.59 Å². The fourth-order valence-corrected chi connectivity index (χ4v) is 1.92. The summed E-state index contributed by atoms with van der Waals surface area (Å²) in [5.74, 6) is -1.27. The third-order valence-electron chi connectivity index (χ3n) is 4.03. The number of aryl methyl sites for hydroxylation is 1. The summed E-state index contributed by atoms with van der Waals surface area (Å²) in [5.41, 5.74) is 1.12. The van der Waals surface area contributed by atoms with Crippen LogP contribution in [0, 0.1) is 18.3 Å². The van der Waals surface area contributed by atoms with E-state index in [2.05, 4.69) is 5.32 Å². The minimum atomic E-state index is -1.03. The molecule has 0 aromatic heterocycles. The summed E-state index contributed by atoms with van der Waals surface area (Å²) < 4.78 is 0. The van der Waals surface area contributed by atoms with E-state index in [1.165, 1.54) is 0 Å². The molecule has 2 N–H and O–H groups in total. The molecular formula is C16H23NO3. The lowest BCUT2D eigenvalue weighted by Crippen LogP contribution is -2.39. The van der Waals surface area contributed by atoms with E-state index >= 15 is 0 Å². The molecule has 110 valence electrons. The minimum absolute atomic E-state index is 0.00805. The van der Waals surface area contributed by atoms with Crippen LogP contribution in [0.1, 0.15) is 38.3 Å². The summed E-state index contributed by atoms with van der Waals surface area (Å²) in [7, 11) is 0. The summed E-state index contributed by atoms with van der Waals surface area (Å²) in [6.07, 6.45) is -0.00805. The van der Waals surface area contributed by atoms with Gasteiger partial charge in [0.25, 0.3) is 0 Å². The first-order valence-corrected chi connectivity index (χ1v) is 6.82. The molecule has 0 spiro atoms. The van der Waals surface area contributed by atoms with Crippen molar-refractivity contribution in [1.29, 1.82) is 0 Å². The Morgan fingerprint density at radius 3 is 2.40 bits per heavy atom. The Balaban J connectivity index is 2.64. The van der Waals surface area contributed by atoms with Gasteiger partial charge in [-0.15, -0.1) is 0 Å². The molecular weight excluding hydrogens is 254 g/mol. The summed E-state index contributed by atoms with van der Waals surface area (Å²) in [4.78, 5) is 23.3. The highest BCUT2D eigenvalue weighted by molar-refractivity contribution is 5.84. The lowest BCUT2D eigenvalue weighted by atomic mass is 9.76. The predicted octanol–water partition coefficient (Wildman–Crippen LogP) is 2.75. The zero-order valence-electron chi connectivity index (χ0n) is 12.6. The number of carbonyl (C=O) groups excluding carboxylic acids is 1. The minimum Gasteiger partial charge on any atom is -0.481 e. The molecule has 1 rings (SSSR count). The van der Waals surface area contributed by atoms with Crippen molar-refractivity contribution < 1.29 is 14.7 Å². The summed E-state index contributed by atoms with van der Waals surface area (Å²) in [6, 6.07) is 7.80. The molecule has 1 aromatic carbocycles. The molecule has 0 aliphatic heterocycles. The smallest absolute Gasteiger partial charge is 0.310 e. The van der Waals surface area contributed by atoms with Crippen LogP contribution in [0.3, 0.4) is 0 Å². The Kier molecular flexibility index (Phi) is 5.31. The van der Waals surface area contributed by atoms with E-state index < -0.39 is 11.4 Å². The first kappa shape index (κ1) is 16.2.